The van der Waals surface area contributed by atoms with Gasteiger partial charge < -0.3 is 14.8 Å². The zero-order chi connectivity index (χ0) is 18.0. The van der Waals surface area contributed by atoms with Gasteiger partial charge in [-0.05, 0) is 0 Å². The summed E-state index contributed by atoms with van der Waals surface area (Å²) in [5.41, 5.74) is -14.4. The van der Waals surface area contributed by atoms with E-state index < -0.39 is 31.0 Å². The van der Waals surface area contributed by atoms with Crippen LogP contribution in [0.1, 0.15) is 12.8 Å². The van der Waals surface area contributed by atoms with Gasteiger partial charge in [0.1, 0.15) is 0 Å². The zero-order valence-electron chi connectivity index (χ0n) is 10.4. The van der Waals surface area contributed by atoms with Crippen molar-refractivity contribution in [1.82, 2.24) is 0 Å². The highest BCUT2D eigenvalue weighted by Crippen LogP contribution is 2.72. The lowest BCUT2D eigenvalue weighted by Crippen LogP contribution is -2.80. The Kier molecular flexibility index (Phi) is 6.36. The molecule has 1 aliphatic heterocycles. The van der Waals surface area contributed by atoms with Crippen LogP contribution in [0.4, 0.5) is 43.9 Å². The smallest absolute Gasteiger partial charge is 0.459 e. The van der Waals surface area contributed by atoms with Crippen molar-refractivity contribution >= 4 is 7.37 Å². The summed E-state index contributed by atoms with van der Waals surface area (Å²) in [4.78, 5) is 10.1. The average Bonchev–Trinajstić information content (AvgIpc) is 2.83. The fourth-order valence-corrected chi connectivity index (χ4v) is 2.25. The summed E-state index contributed by atoms with van der Waals surface area (Å²) in [6.45, 7) is 2.75. The van der Waals surface area contributed by atoms with Crippen LogP contribution in [-0.4, -0.2) is 36.8 Å². The minimum absolute atomic E-state index is 1.38. The highest BCUT2D eigenvalue weighted by Gasteiger charge is 2.78. The van der Waals surface area contributed by atoms with E-state index in [0.29, 0.717) is 0 Å². The van der Waals surface area contributed by atoms with E-state index in [0.717, 1.165) is 0 Å². The quantitative estimate of drug-likeness (QED) is 0.597. The number of nitrogens with two attached hydrogens (primary N) is 1. The van der Waals surface area contributed by atoms with Crippen molar-refractivity contribution in [2.24, 2.45) is 0 Å². The molecule has 0 aromatic carbocycles. The minimum Gasteiger partial charge on any atom is -0.790 e. The van der Waals surface area contributed by atoms with Crippen molar-refractivity contribution in [3.8, 4) is 0 Å². The van der Waals surface area contributed by atoms with Gasteiger partial charge in [-0.1, -0.05) is 0 Å². The fraction of sp³-hybridized carbons (Fsp3) is 1.00. The molecule has 0 unspecified atom stereocenters. The van der Waals surface area contributed by atoms with Crippen molar-refractivity contribution in [3.63, 3.8) is 0 Å². The molecule has 0 atom stereocenters. The van der Waals surface area contributed by atoms with Crippen molar-refractivity contribution in [2.75, 3.05) is 13.1 Å². The molecule has 1 heterocycles. The highest BCUT2D eigenvalue weighted by molar-refractivity contribution is 7.59. The second-order valence-electron chi connectivity index (χ2n) is 4.20. The van der Waals surface area contributed by atoms with Gasteiger partial charge in [-0.25, -0.2) is 0 Å². The lowest BCUT2D eigenvalue weighted by molar-refractivity contribution is -0.635. The van der Waals surface area contributed by atoms with Crippen molar-refractivity contribution in [1.29, 1.82) is 0 Å². The molecule has 1 aliphatic rings. The summed E-state index contributed by atoms with van der Waals surface area (Å²) in [5.74, 6) is 0. The van der Waals surface area contributed by atoms with Gasteiger partial charge in [0.2, 0.25) is 0 Å². The second kappa shape index (κ2) is 6.52. The second-order valence-corrected chi connectivity index (χ2v) is 6.43. The Labute approximate surface area is 117 Å². The Balaban J connectivity index is 0.000000734. The molecule has 14 heteroatoms. The molecule has 0 aromatic heterocycles. The van der Waals surface area contributed by atoms with Crippen LogP contribution in [0.2, 0.25) is 0 Å². The highest BCUT2D eigenvalue weighted by atomic mass is 31.2. The SMILES string of the molecule is C1CC[NH2+]C1.O=P([O-])(C(F)(F)C(F)(F)F)C(F)(F)C(F)(F)F. The van der Waals surface area contributed by atoms with Crippen LogP contribution in [0, 0.1) is 0 Å². The predicted octanol–water partition coefficient (Wildman–Crippen LogP) is 2.28. The van der Waals surface area contributed by atoms with Crippen molar-refractivity contribution in [2.45, 2.75) is 36.5 Å². The van der Waals surface area contributed by atoms with E-state index in [4.69, 9.17) is 0 Å². The van der Waals surface area contributed by atoms with Gasteiger partial charge in [-0.15, -0.1) is 0 Å². The third-order valence-electron chi connectivity index (χ3n) is 2.49. The van der Waals surface area contributed by atoms with Gasteiger partial charge >= 0.3 is 23.7 Å². The van der Waals surface area contributed by atoms with Gasteiger partial charge in [-0.2, -0.15) is 43.9 Å². The van der Waals surface area contributed by atoms with Crippen molar-refractivity contribution < 1.29 is 58.7 Å². The van der Waals surface area contributed by atoms with Crippen LogP contribution >= 0.6 is 7.37 Å². The normalized spacial score (nSPS) is 18.0. The van der Waals surface area contributed by atoms with Gasteiger partial charge in [-0.3, -0.25) is 0 Å². The Morgan fingerprint density at radius 2 is 1.00 bits per heavy atom. The first-order valence-corrected chi connectivity index (χ1v) is 7.14. The Morgan fingerprint density at radius 3 is 1.14 bits per heavy atom. The van der Waals surface area contributed by atoms with Gasteiger partial charge in [0.25, 0.3) is 0 Å². The molecule has 1 saturated heterocycles. The third kappa shape index (κ3) is 4.05. The molecule has 134 valence electrons. The first kappa shape index (κ1) is 21.4. The van der Waals surface area contributed by atoms with Crippen LogP contribution < -0.4 is 10.2 Å². The zero-order valence-corrected chi connectivity index (χ0v) is 11.3. The Morgan fingerprint density at radius 1 is 0.727 bits per heavy atom. The summed E-state index contributed by atoms with van der Waals surface area (Å²) < 4.78 is 127. The topological polar surface area (TPSA) is 56.7 Å². The number of hydrogen-bond acceptors (Lipinski definition) is 2. The number of halogens is 10. The predicted molar refractivity (Wildman–Crippen MR) is 50.5 cm³/mol. The average molecular weight is 373 g/mol. The molecular formula is C8H10F10NO2P. The lowest BCUT2D eigenvalue weighted by Gasteiger charge is -2.38. The van der Waals surface area contributed by atoms with Crippen LogP contribution in [0.5, 0.6) is 0 Å². The summed E-state index contributed by atoms with van der Waals surface area (Å²) in [6, 6.07) is 0. The molecule has 1 rings (SSSR count). The maximum Gasteiger partial charge on any atom is 0.459 e. The maximum absolute atomic E-state index is 12.1. The maximum atomic E-state index is 12.1. The van der Waals surface area contributed by atoms with Crippen LogP contribution in [0.15, 0.2) is 0 Å². The number of hydrogen-bond donors (Lipinski definition) is 1. The molecule has 3 nitrogen and oxygen atoms in total. The van der Waals surface area contributed by atoms with E-state index in [1.807, 2.05) is 0 Å². The van der Waals surface area contributed by atoms with Gasteiger partial charge in [0.05, 0.1) is 13.1 Å². The Bertz CT molecular complexity index is 377. The lowest BCUT2D eigenvalue weighted by atomic mass is 10.4. The van der Waals surface area contributed by atoms with E-state index in [1.54, 1.807) is 0 Å². The van der Waals surface area contributed by atoms with E-state index in [9.17, 15) is 53.4 Å². The summed E-state index contributed by atoms with van der Waals surface area (Å²) in [5, 5.41) is 2.36. The van der Waals surface area contributed by atoms with E-state index in [1.165, 1.54) is 25.9 Å². The monoisotopic (exact) mass is 373 g/mol. The largest absolute Gasteiger partial charge is 0.790 e. The molecule has 1 fully saturated rings. The fourth-order valence-electron chi connectivity index (χ4n) is 1.23. The van der Waals surface area contributed by atoms with E-state index in [-0.39, 0.29) is 0 Å². The summed E-state index contributed by atoms with van der Waals surface area (Å²) >= 11 is 0. The summed E-state index contributed by atoms with van der Waals surface area (Å²) in [6.07, 6.45) is -11.3. The molecule has 22 heavy (non-hydrogen) atoms. The standard InChI is InChI=1S/C4HF10O2P.C4H9N/c5-1(6,7)3(11,12)17(15,16)4(13,14)2(8,9)10;1-2-4-5-3-1/h(H,15,16);5H,1-4H2. The molecule has 0 radical (unpaired) electrons. The molecule has 0 aromatic rings. The molecule has 0 aliphatic carbocycles. The van der Waals surface area contributed by atoms with E-state index >= 15 is 0 Å². The Hall–Kier alpha value is -0.550. The van der Waals surface area contributed by atoms with Crippen molar-refractivity contribution in [3.05, 3.63) is 0 Å². The van der Waals surface area contributed by atoms with Gasteiger partial charge in [0.15, 0.2) is 7.37 Å². The first-order valence-electron chi connectivity index (χ1n) is 5.52. The van der Waals surface area contributed by atoms with Crippen LogP contribution in [0.25, 0.3) is 0 Å². The number of rotatable bonds is 2. The van der Waals surface area contributed by atoms with Crippen LogP contribution in [0.3, 0.4) is 0 Å². The molecule has 0 spiro atoms. The summed E-state index contributed by atoms with van der Waals surface area (Å²) in [7, 11) is -8.51. The van der Waals surface area contributed by atoms with E-state index in [2.05, 4.69) is 5.32 Å². The number of alkyl halides is 10. The molecule has 2 N–H and O–H groups in total. The van der Waals surface area contributed by atoms with Gasteiger partial charge in [0, 0.05) is 12.8 Å². The molecule has 0 saturated carbocycles. The third-order valence-corrected chi connectivity index (χ3v) is 4.47. The molecule has 0 amide bonds. The molecular weight excluding hydrogens is 363 g/mol. The molecule has 0 bridgehead atoms. The first-order chi connectivity index (χ1) is 9.50. The minimum atomic E-state index is -8.51. The van der Waals surface area contributed by atoms with Crippen LogP contribution in [-0.2, 0) is 4.57 Å². The number of quaternary nitrogens is 1.